The Bertz CT molecular complexity index is 840. The lowest BCUT2D eigenvalue weighted by Crippen LogP contribution is -2.56. The van der Waals surface area contributed by atoms with E-state index in [2.05, 4.69) is 20.6 Å². The Balaban J connectivity index is 1.63. The number of para-hydroxylation sites is 1. The number of piperazine rings is 1. The first-order valence-corrected chi connectivity index (χ1v) is 9.83. The fourth-order valence-corrected chi connectivity index (χ4v) is 3.27. The van der Waals surface area contributed by atoms with Gasteiger partial charge in [0.25, 0.3) is 0 Å². The van der Waals surface area contributed by atoms with Crippen LogP contribution in [-0.4, -0.2) is 52.4 Å². The van der Waals surface area contributed by atoms with Crippen LogP contribution in [0, 0.1) is 6.92 Å². The Labute approximate surface area is 170 Å². The molecule has 1 fully saturated rings. The minimum absolute atomic E-state index is 0.0852. The maximum atomic E-state index is 12.5. The van der Waals surface area contributed by atoms with Crippen LogP contribution in [0.15, 0.2) is 36.7 Å². The number of hydrogen-bond acceptors (Lipinski definition) is 6. The van der Waals surface area contributed by atoms with Gasteiger partial charge in [0.15, 0.2) is 0 Å². The number of hydrogen-bond donors (Lipinski definition) is 2. The van der Waals surface area contributed by atoms with Crippen molar-refractivity contribution in [1.29, 1.82) is 0 Å². The van der Waals surface area contributed by atoms with Crippen molar-refractivity contribution in [1.82, 2.24) is 25.5 Å². The molecule has 29 heavy (non-hydrogen) atoms. The van der Waals surface area contributed by atoms with Gasteiger partial charge in [0.1, 0.15) is 5.75 Å². The summed E-state index contributed by atoms with van der Waals surface area (Å²) in [4.78, 5) is 35.4. The third-order valence-corrected chi connectivity index (χ3v) is 4.77. The molecule has 0 aliphatic carbocycles. The molecule has 1 saturated heterocycles. The molecule has 2 amide bonds. The molecule has 1 aromatic heterocycles. The second-order valence-electron chi connectivity index (χ2n) is 6.95. The van der Waals surface area contributed by atoms with Crippen molar-refractivity contribution in [3.05, 3.63) is 53.6 Å². The fourth-order valence-electron chi connectivity index (χ4n) is 3.27. The molecule has 1 unspecified atom stereocenters. The van der Waals surface area contributed by atoms with E-state index >= 15 is 0 Å². The molecule has 154 valence electrons. The Morgan fingerprint density at radius 2 is 2.14 bits per heavy atom. The number of carbonyl (C=O) groups is 2. The van der Waals surface area contributed by atoms with Crippen molar-refractivity contribution in [3.63, 3.8) is 0 Å². The summed E-state index contributed by atoms with van der Waals surface area (Å²) in [7, 11) is 0. The van der Waals surface area contributed by atoms with Crippen molar-refractivity contribution in [2.24, 2.45) is 0 Å². The molecule has 1 aliphatic heterocycles. The van der Waals surface area contributed by atoms with Gasteiger partial charge in [0.2, 0.25) is 11.8 Å². The lowest BCUT2D eigenvalue weighted by Gasteiger charge is -2.35. The molecular formula is C21H27N5O3. The summed E-state index contributed by atoms with van der Waals surface area (Å²) in [5.74, 6) is 0.482. The Kier molecular flexibility index (Phi) is 7.13. The Hall–Kier alpha value is -3.00. The molecule has 0 bridgehead atoms. The second kappa shape index (κ2) is 9.97. The van der Waals surface area contributed by atoms with Crippen LogP contribution in [-0.2, 0) is 22.7 Å². The first kappa shape index (κ1) is 20.7. The van der Waals surface area contributed by atoms with Crippen LogP contribution in [0.4, 0.5) is 0 Å². The number of aromatic nitrogens is 2. The SMILES string of the molecule is CCOc1ccccc1CN1CCNC(=O)C1CC(=O)NCc1cnc(C)cn1. The highest BCUT2D eigenvalue weighted by atomic mass is 16.5. The van der Waals surface area contributed by atoms with E-state index in [0.717, 1.165) is 17.0 Å². The predicted octanol–water partition coefficient (Wildman–Crippen LogP) is 1.19. The average Bonchev–Trinajstić information content (AvgIpc) is 2.72. The predicted molar refractivity (Wildman–Crippen MR) is 108 cm³/mol. The zero-order valence-electron chi connectivity index (χ0n) is 16.9. The van der Waals surface area contributed by atoms with Crippen LogP contribution in [0.25, 0.3) is 0 Å². The summed E-state index contributed by atoms with van der Waals surface area (Å²) < 4.78 is 5.70. The zero-order chi connectivity index (χ0) is 20.6. The lowest BCUT2D eigenvalue weighted by molar-refractivity contribution is -0.134. The Morgan fingerprint density at radius 1 is 1.31 bits per heavy atom. The number of aryl methyl sites for hydroxylation is 1. The van der Waals surface area contributed by atoms with E-state index in [-0.39, 0.29) is 24.8 Å². The highest BCUT2D eigenvalue weighted by Gasteiger charge is 2.32. The largest absolute Gasteiger partial charge is 0.494 e. The van der Waals surface area contributed by atoms with Gasteiger partial charge in [-0.2, -0.15) is 0 Å². The number of ether oxygens (including phenoxy) is 1. The number of rotatable bonds is 8. The molecule has 8 nitrogen and oxygen atoms in total. The molecule has 2 N–H and O–H groups in total. The smallest absolute Gasteiger partial charge is 0.237 e. The molecule has 0 radical (unpaired) electrons. The Morgan fingerprint density at radius 3 is 2.90 bits per heavy atom. The molecule has 1 atom stereocenters. The van der Waals surface area contributed by atoms with Crippen molar-refractivity contribution < 1.29 is 14.3 Å². The first-order chi connectivity index (χ1) is 14.1. The van der Waals surface area contributed by atoms with Gasteiger partial charge in [0.05, 0.1) is 43.2 Å². The highest BCUT2D eigenvalue weighted by Crippen LogP contribution is 2.22. The molecule has 1 aromatic carbocycles. The van der Waals surface area contributed by atoms with Crippen LogP contribution in [0.1, 0.15) is 30.3 Å². The van der Waals surface area contributed by atoms with Gasteiger partial charge < -0.3 is 15.4 Å². The normalized spacial score (nSPS) is 16.9. The van der Waals surface area contributed by atoms with E-state index in [1.165, 1.54) is 0 Å². The van der Waals surface area contributed by atoms with Crippen LogP contribution in [0.5, 0.6) is 5.75 Å². The second-order valence-corrected chi connectivity index (χ2v) is 6.95. The minimum Gasteiger partial charge on any atom is -0.494 e. The third kappa shape index (κ3) is 5.74. The number of amides is 2. The minimum atomic E-state index is -0.525. The third-order valence-electron chi connectivity index (χ3n) is 4.77. The number of nitrogens with one attached hydrogen (secondary N) is 2. The van der Waals surface area contributed by atoms with Crippen molar-refractivity contribution in [2.75, 3.05) is 19.7 Å². The van der Waals surface area contributed by atoms with Gasteiger partial charge in [-0.05, 0) is 19.9 Å². The first-order valence-electron chi connectivity index (χ1n) is 9.83. The number of carbonyl (C=O) groups excluding carboxylic acids is 2. The van der Waals surface area contributed by atoms with E-state index in [1.807, 2.05) is 43.0 Å². The molecule has 1 aliphatic rings. The van der Waals surface area contributed by atoms with E-state index in [9.17, 15) is 9.59 Å². The molecule has 8 heteroatoms. The quantitative estimate of drug-likeness (QED) is 0.695. The summed E-state index contributed by atoms with van der Waals surface area (Å²) in [6, 6.07) is 7.27. The fraction of sp³-hybridized carbons (Fsp3) is 0.429. The van der Waals surface area contributed by atoms with E-state index < -0.39 is 6.04 Å². The topological polar surface area (TPSA) is 96.5 Å². The van der Waals surface area contributed by atoms with Crippen LogP contribution in [0.2, 0.25) is 0 Å². The summed E-state index contributed by atoms with van der Waals surface area (Å²) in [5.41, 5.74) is 2.51. The van der Waals surface area contributed by atoms with Gasteiger partial charge in [0, 0.05) is 31.4 Å². The summed E-state index contributed by atoms with van der Waals surface area (Å²) >= 11 is 0. The zero-order valence-corrected chi connectivity index (χ0v) is 16.9. The van der Waals surface area contributed by atoms with Gasteiger partial charge in [-0.3, -0.25) is 24.5 Å². The van der Waals surface area contributed by atoms with Gasteiger partial charge in [-0.1, -0.05) is 18.2 Å². The summed E-state index contributed by atoms with van der Waals surface area (Å²) in [5, 5.41) is 5.69. The van der Waals surface area contributed by atoms with Crippen molar-refractivity contribution in [3.8, 4) is 5.75 Å². The van der Waals surface area contributed by atoms with Crippen LogP contribution in [0.3, 0.4) is 0 Å². The van der Waals surface area contributed by atoms with Gasteiger partial charge in [-0.25, -0.2) is 0 Å². The average molecular weight is 397 g/mol. The molecule has 0 spiro atoms. The van der Waals surface area contributed by atoms with Crippen molar-refractivity contribution >= 4 is 11.8 Å². The molecule has 2 heterocycles. The summed E-state index contributed by atoms with van der Waals surface area (Å²) in [6.07, 6.45) is 3.38. The standard InChI is InChI=1S/C21H27N5O3/c1-3-29-19-7-5-4-6-16(19)14-26-9-8-22-21(28)18(26)10-20(27)25-13-17-12-23-15(2)11-24-17/h4-7,11-12,18H,3,8-10,13-14H2,1-2H3,(H,22,28)(H,25,27). The van der Waals surface area contributed by atoms with Crippen LogP contribution >= 0.6 is 0 Å². The summed E-state index contributed by atoms with van der Waals surface area (Å²) in [6.45, 7) is 6.44. The molecule has 3 rings (SSSR count). The number of nitrogens with zero attached hydrogens (tertiary/aromatic N) is 3. The highest BCUT2D eigenvalue weighted by molar-refractivity contribution is 5.88. The van der Waals surface area contributed by atoms with E-state index in [4.69, 9.17) is 4.74 Å². The molecular weight excluding hydrogens is 370 g/mol. The molecule has 0 saturated carbocycles. The van der Waals surface area contributed by atoms with E-state index in [0.29, 0.717) is 31.9 Å². The van der Waals surface area contributed by atoms with Gasteiger partial charge in [-0.15, -0.1) is 0 Å². The van der Waals surface area contributed by atoms with Crippen LogP contribution < -0.4 is 15.4 Å². The number of benzene rings is 1. The monoisotopic (exact) mass is 397 g/mol. The lowest BCUT2D eigenvalue weighted by atomic mass is 10.1. The molecule has 2 aromatic rings. The maximum absolute atomic E-state index is 12.5. The van der Waals surface area contributed by atoms with Crippen molar-refractivity contribution in [2.45, 2.75) is 39.4 Å². The van der Waals surface area contributed by atoms with E-state index in [1.54, 1.807) is 12.4 Å². The maximum Gasteiger partial charge on any atom is 0.237 e. The van der Waals surface area contributed by atoms with Gasteiger partial charge >= 0.3 is 0 Å².